The van der Waals surface area contributed by atoms with Crippen LogP contribution in [0.15, 0.2) is 30.3 Å². The zero-order chi connectivity index (χ0) is 30.3. The summed E-state index contributed by atoms with van der Waals surface area (Å²) in [6, 6.07) is 9.83. The fourth-order valence-corrected chi connectivity index (χ4v) is 6.30. The number of nitrogens with one attached hydrogen (secondary N) is 2. The number of aliphatic hydroxyl groups is 1. The van der Waals surface area contributed by atoms with E-state index in [1.54, 1.807) is 0 Å². The largest absolute Gasteiger partial charge is 0.444 e. The molecule has 1 aliphatic carbocycles. The Hall–Kier alpha value is -2.91. The number of hydrogen-bond acceptors (Lipinski definition) is 7. The molecule has 1 aliphatic heterocycles. The third-order valence-electron chi connectivity index (χ3n) is 8.52. The molecule has 0 bridgehead atoms. The number of aliphatic hydroxyl groups excluding tert-OH is 1. The van der Waals surface area contributed by atoms with Gasteiger partial charge in [-0.2, -0.15) is 0 Å². The van der Waals surface area contributed by atoms with Crippen molar-refractivity contribution in [2.45, 2.75) is 77.4 Å². The number of alkyl carbamates (subject to hydrolysis) is 1. The zero-order valence-electron chi connectivity index (χ0n) is 26.2. The highest BCUT2D eigenvalue weighted by Gasteiger charge is 2.26. The number of anilines is 1. The van der Waals surface area contributed by atoms with Crippen molar-refractivity contribution in [3.8, 4) is 0 Å². The lowest BCUT2D eigenvalue weighted by Crippen LogP contribution is -2.37. The van der Waals surface area contributed by atoms with Crippen LogP contribution in [0.25, 0.3) is 10.9 Å². The van der Waals surface area contributed by atoms with Crippen LogP contribution in [-0.4, -0.2) is 85.5 Å². The summed E-state index contributed by atoms with van der Waals surface area (Å²) in [5, 5.41) is 17.4. The first kappa shape index (κ1) is 32.0. The summed E-state index contributed by atoms with van der Waals surface area (Å²) in [7, 11) is 3.98. The molecule has 232 valence electrons. The predicted octanol–water partition coefficient (Wildman–Crippen LogP) is 4.82. The van der Waals surface area contributed by atoms with Gasteiger partial charge in [-0.15, -0.1) is 0 Å². The van der Waals surface area contributed by atoms with E-state index in [1.165, 1.54) is 0 Å². The van der Waals surface area contributed by atoms with Crippen LogP contribution in [0.3, 0.4) is 0 Å². The fraction of sp³-hybridized carbons (Fsp3) is 0.667. The topological polar surface area (TPSA) is 107 Å². The number of ether oxygens (including phenoxy) is 1. The minimum Gasteiger partial charge on any atom is -0.444 e. The second-order valence-electron chi connectivity index (χ2n) is 13.6. The number of para-hydroxylation sites is 1. The Kier molecular flexibility index (Phi) is 11.1. The van der Waals surface area contributed by atoms with E-state index in [0.717, 1.165) is 74.8 Å². The van der Waals surface area contributed by atoms with Crippen LogP contribution in [0.2, 0.25) is 0 Å². The van der Waals surface area contributed by atoms with Crippen LogP contribution in [0.4, 0.5) is 10.6 Å². The van der Waals surface area contributed by atoms with Crippen LogP contribution in [0.1, 0.15) is 76.1 Å². The van der Waals surface area contributed by atoms with Crippen molar-refractivity contribution < 1.29 is 19.4 Å². The maximum atomic E-state index is 13.5. The number of benzene rings is 1. The summed E-state index contributed by atoms with van der Waals surface area (Å²) in [6.45, 7) is 9.32. The van der Waals surface area contributed by atoms with Crippen molar-refractivity contribution in [3.63, 3.8) is 0 Å². The van der Waals surface area contributed by atoms with Gasteiger partial charge in [0.05, 0.1) is 17.2 Å². The maximum absolute atomic E-state index is 13.5. The number of rotatable bonds is 10. The molecule has 1 saturated carbocycles. The van der Waals surface area contributed by atoms with E-state index in [0.29, 0.717) is 43.0 Å². The number of aromatic nitrogens is 1. The quantitative estimate of drug-likeness (QED) is 0.369. The summed E-state index contributed by atoms with van der Waals surface area (Å²) in [6.07, 6.45) is 6.31. The van der Waals surface area contributed by atoms with Crippen LogP contribution >= 0.6 is 0 Å². The smallest absolute Gasteiger partial charge is 0.407 e. The molecule has 2 fully saturated rings. The molecule has 9 heteroatoms. The first-order valence-corrected chi connectivity index (χ1v) is 15.7. The van der Waals surface area contributed by atoms with Gasteiger partial charge in [-0.05, 0) is 110 Å². The van der Waals surface area contributed by atoms with Gasteiger partial charge in [0.25, 0.3) is 5.91 Å². The number of carbonyl (C=O) groups excluding carboxylic acids is 2. The molecule has 2 heterocycles. The van der Waals surface area contributed by atoms with Crippen molar-refractivity contribution in [2.24, 2.45) is 17.8 Å². The summed E-state index contributed by atoms with van der Waals surface area (Å²) in [5.74, 6) is 2.18. The Morgan fingerprint density at radius 1 is 1.00 bits per heavy atom. The van der Waals surface area contributed by atoms with E-state index in [-0.39, 0.29) is 18.1 Å². The van der Waals surface area contributed by atoms with Crippen molar-refractivity contribution in [1.82, 2.24) is 20.5 Å². The zero-order valence-corrected chi connectivity index (χ0v) is 26.2. The third-order valence-corrected chi connectivity index (χ3v) is 8.52. The number of pyridine rings is 1. The van der Waals surface area contributed by atoms with Gasteiger partial charge in [0.1, 0.15) is 11.4 Å². The van der Waals surface area contributed by atoms with Gasteiger partial charge in [0.2, 0.25) is 0 Å². The minimum absolute atomic E-state index is 0.0507. The Morgan fingerprint density at radius 2 is 1.62 bits per heavy atom. The second-order valence-corrected chi connectivity index (χ2v) is 13.6. The number of carbonyl (C=O) groups is 2. The molecule has 3 N–H and O–H groups in total. The number of piperidine rings is 1. The first-order chi connectivity index (χ1) is 20.0. The molecule has 42 heavy (non-hydrogen) atoms. The molecule has 2 aromatic rings. The summed E-state index contributed by atoms with van der Waals surface area (Å²) < 4.78 is 5.35. The molecule has 0 radical (unpaired) electrons. The van der Waals surface area contributed by atoms with Crippen molar-refractivity contribution in [2.75, 3.05) is 51.7 Å². The normalized spacial score (nSPS) is 20.9. The van der Waals surface area contributed by atoms with Gasteiger partial charge in [-0.1, -0.05) is 18.2 Å². The standard InChI is InChI=1S/C33H51N5O4/c1-33(2,3)42-32(41)35-21-25-12-10-24(11-13-25)20-34-31(40)28-19-30(36-29-9-7-6-8-27(28)29)38-16-14-23(15-17-38)18-26(39)22-37(4)5/h6-9,19,23-26,39H,10-18,20-22H2,1-5H3,(H,34,40)(H,35,41). The van der Waals surface area contributed by atoms with E-state index in [1.807, 2.05) is 70.1 Å². The molecule has 2 amide bonds. The molecule has 1 aromatic carbocycles. The molecule has 4 rings (SSSR count). The predicted molar refractivity (Wildman–Crippen MR) is 168 cm³/mol. The van der Waals surface area contributed by atoms with Gasteiger partial charge in [-0.25, -0.2) is 9.78 Å². The minimum atomic E-state index is -0.492. The lowest BCUT2D eigenvalue weighted by molar-refractivity contribution is 0.0512. The highest BCUT2D eigenvalue weighted by atomic mass is 16.6. The molecule has 1 unspecified atom stereocenters. The average molecular weight is 582 g/mol. The Balaban J connectivity index is 1.30. The van der Waals surface area contributed by atoms with E-state index in [2.05, 4.69) is 15.5 Å². The summed E-state index contributed by atoms with van der Waals surface area (Å²) in [4.78, 5) is 34.7. The molecule has 1 aromatic heterocycles. The molecule has 2 aliphatic rings. The van der Waals surface area contributed by atoms with Gasteiger partial charge in [-0.3, -0.25) is 4.79 Å². The molecule has 9 nitrogen and oxygen atoms in total. The van der Waals surface area contributed by atoms with Crippen LogP contribution < -0.4 is 15.5 Å². The third kappa shape index (κ3) is 9.56. The van der Waals surface area contributed by atoms with Gasteiger partial charge in [0.15, 0.2) is 0 Å². The molecule has 1 atom stereocenters. The lowest BCUT2D eigenvalue weighted by atomic mass is 9.82. The summed E-state index contributed by atoms with van der Waals surface area (Å²) in [5.41, 5.74) is 1.02. The van der Waals surface area contributed by atoms with Crippen molar-refractivity contribution in [1.29, 1.82) is 0 Å². The Morgan fingerprint density at radius 3 is 2.24 bits per heavy atom. The van der Waals surface area contributed by atoms with E-state index >= 15 is 0 Å². The van der Waals surface area contributed by atoms with Crippen LogP contribution in [0, 0.1) is 17.8 Å². The number of hydrogen-bond donors (Lipinski definition) is 3. The second kappa shape index (κ2) is 14.5. The maximum Gasteiger partial charge on any atom is 0.407 e. The molecular formula is C33H51N5O4. The molecule has 1 saturated heterocycles. The number of nitrogens with zero attached hydrogens (tertiary/aromatic N) is 3. The Bertz CT molecular complexity index is 1180. The molecular weight excluding hydrogens is 530 g/mol. The van der Waals surface area contributed by atoms with E-state index in [4.69, 9.17) is 9.72 Å². The Labute approximate surface area is 251 Å². The van der Waals surface area contributed by atoms with E-state index < -0.39 is 5.60 Å². The highest BCUT2D eigenvalue weighted by molar-refractivity contribution is 6.07. The van der Waals surface area contributed by atoms with Gasteiger partial charge >= 0.3 is 6.09 Å². The number of fused-ring (bicyclic) bond motifs is 1. The lowest BCUT2D eigenvalue weighted by Gasteiger charge is -2.34. The van der Waals surface area contributed by atoms with Crippen LogP contribution in [-0.2, 0) is 4.74 Å². The summed E-state index contributed by atoms with van der Waals surface area (Å²) >= 11 is 0. The highest BCUT2D eigenvalue weighted by Crippen LogP contribution is 2.30. The first-order valence-electron chi connectivity index (χ1n) is 15.7. The fourth-order valence-electron chi connectivity index (χ4n) is 6.30. The monoisotopic (exact) mass is 581 g/mol. The van der Waals surface area contributed by atoms with Gasteiger partial charge < -0.3 is 30.3 Å². The molecule has 0 spiro atoms. The van der Waals surface area contributed by atoms with Crippen molar-refractivity contribution in [3.05, 3.63) is 35.9 Å². The number of amides is 2. The average Bonchev–Trinajstić information content (AvgIpc) is 2.94. The van der Waals surface area contributed by atoms with Crippen molar-refractivity contribution >= 4 is 28.7 Å². The number of likely N-dealkylation sites (N-methyl/N-ethyl adjacent to an activating group) is 1. The van der Waals surface area contributed by atoms with Gasteiger partial charge in [0, 0.05) is 38.1 Å². The van der Waals surface area contributed by atoms with Crippen LogP contribution in [0.5, 0.6) is 0 Å². The SMILES string of the molecule is CN(C)CC(O)CC1CCN(c2cc(C(=O)NCC3CCC(CNC(=O)OC(C)(C)C)CC3)c3ccccc3n2)CC1. The van der Waals surface area contributed by atoms with E-state index in [9.17, 15) is 14.7 Å².